The Bertz CT molecular complexity index is 607. The van der Waals surface area contributed by atoms with Crippen LogP contribution in [0.15, 0.2) is 23.6 Å². The summed E-state index contributed by atoms with van der Waals surface area (Å²) in [5.41, 5.74) is 1.22. The van der Waals surface area contributed by atoms with Crippen molar-refractivity contribution in [1.29, 1.82) is 0 Å². The summed E-state index contributed by atoms with van der Waals surface area (Å²) < 4.78 is 1.82. The van der Waals surface area contributed by atoms with Crippen molar-refractivity contribution in [1.82, 2.24) is 25.4 Å². The van der Waals surface area contributed by atoms with Crippen molar-refractivity contribution in [2.45, 2.75) is 33.2 Å². The van der Waals surface area contributed by atoms with Gasteiger partial charge in [-0.15, -0.1) is 35.3 Å². The second kappa shape index (κ2) is 10.6. The van der Waals surface area contributed by atoms with E-state index in [0.29, 0.717) is 6.54 Å². The molecule has 23 heavy (non-hydrogen) atoms. The number of nitrogens with zero attached hydrogens (tertiary/aromatic N) is 4. The normalized spacial score (nSPS) is 11.2. The van der Waals surface area contributed by atoms with Gasteiger partial charge in [-0.25, -0.2) is 9.98 Å². The lowest BCUT2D eigenvalue weighted by molar-refractivity contribution is 0.765. The summed E-state index contributed by atoms with van der Waals surface area (Å²) in [5, 5.41) is 11.8. The molecule has 0 aliphatic carbocycles. The molecule has 0 bridgehead atoms. The summed E-state index contributed by atoms with van der Waals surface area (Å²) in [6.07, 6.45) is 7.83. The highest BCUT2D eigenvalue weighted by atomic mass is 127. The number of guanidine groups is 1. The maximum absolute atomic E-state index is 4.59. The van der Waals surface area contributed by atoms with Crippen LogP contribution in [0.5, 0.6) is 0 Å². The lowest BCUT2D eigenvalue weighted by Crippen LogP contribution is -2.38. The highest BCUT2D eigenvalue weighted by Gasteiger charge is 2.02. The number of nitrogens with one attached hydrogen (secondary N) is 2. The molecule has 2 aromatic heterocycles. The van der Waals surface area contributed by atoms with Gasteiger partial charge in [0.05, 0.1) is 12.7 Å². The molecule has 0 saturated heterocycles. The molecule has 0 saturated carbocycles. The molecule has 0 radical (unpaired) electrons. The number of aryl methyl sites for hydroxylation is 2. The van der Waals surface area contributed by atoms with Crippen LogP contribution >= 0.6 is 35.3 Å². The van der Waals surface area contributed by atoms with Gasteiger partial charge < -0.3 is 10.6 Å². The van der Waals surface area contributed by atoms with Gasteiger partial charge >= 0.3 is 0 Å². The molecular weight excluding hydrogens is 423 g/mol. The number of hydrogen-bond acceptors (Lipinski definition) is 4. The van der Waals surface area contributed by atoms with Crippen LogP contribution in [0.3, 0.4) is 0 Å². The first kappa shape index (κ1) is 19.9. The van der Waals surface area contributed by atoms with Crippen molar-refractivity contribution in [3.63, 3.8) is 0 Å². The maximum Gasteiger partial charge on any atom is 0.191 e. The average Bonchev–Trinajstić information content (AvgIpc) is 3.13. The largest absolute Gasteiger partial charge is 0.357 e. The zero-order valence-corrected chi connectivity index (χ0v) is 17.0. The quantitative estimate of drug-likeness (QED) is 0.388. The van der Waals surface area contributed by atoms with Crippen molar-refractivity contribution < 1.29 is 0 Å². The van der Waals surface area contributed by atoms with Gasteiger partial charge in [0.1, 0.15) is 5.01 Å². The standard InChI is InChI=1S/C15H24N6S.HI/c1-4-13-9-18-14(22-13)10-19-15(16-5-2)17-7-6-12-8-20-21(3)11-12;/h8-9,11H,4-7,10H2,1-3H3,(H2,16,17,19);1H. The van der Waals surface area contributed by atoms with Crippen molar-refractivity contribution in [2.24, 2.45) is 12.0 Å². The van der Waals surface area contributed by atoms with E-state index in [1.807, 2.05) is 30.3 Å². The van der Waals surface area contributed by atoms with Gasteiger partial charge in [-0.1, -0.05) is 6.92 Å². The van der Waals surface area contributed by atoms with E-state index in [9.17, 15) is 0 Å². The summed E-state index contributed by atoms with van der Waals surface area (Å²) in [5.74, 6) is 0.833. The summed E-state index contributed by atoms with van der Waals surface area (Å²) in [7, 11) is 1.93. The fraction of sp³-hybridized carbons (Fsp3) is 0.533. The highest BCUT2D eigenvalue weighted by molar-refractivity contribution is 14.0. The zero-order chi connectivity index (χ0) is 15.8. The summed E-state index contributed by atoms with van der Waals surface area (Å²) in [6, 6.07) is 0. The Morgan fingerprint density at radius 1 is 1.30 bits per heavy atom. The fourth-order valence-corrected chi connectivity index (χ4v) is 2.79. The Labute approximate surface area is 158 Å². The van der Waals surface area contributed by atoms with E-state index >= 15 is 0 Å². The van der Waals surface area contributed by atoms with Gasteiger partial charge in [0.2, 0.25) is 0 Å². The minimum Gasteiger partial charge on any atom is -0.357 e. The average molecular weight is 448 g/mol. The molecule has 2 rings (SSSR count). The molecule has 0 amide bonds. The molecular formula is C15H25IN6S. The number of aromatic nitrogens is 3. The summed E-state index contributed by atoms with van der Waals surface area (Å²) >= 11 is 1.73. The van der Waals surface area contributed by atoms with Crippen LogP contribution < -0.4 is 10.6 Å². The van der Waals surface area contributed by atoms with Crippen molar-refractivity contribution in [2.75, 3.05) is 13.1 Å². The highest BCUT2D eigenvalue weighted by Crippen LogP contribution is 2.13. The van der Waals surface area contributed by atoms with Crippen LogP contribution in [-0.4, -0.2) is 33.8 Å². The van der Waals surface area contributed by atoms with Gasteiger partial charge in [-0.3, -0.25) is 4.68 Å². The Morgan fingerprint density at radius 2 is 2.13 bits per heavy atom. The summed E-state index contributed by atoms with van der Waals surface area (Å²) in [6.45, 7) is 6.50. The van der Waals surface area contributed by atoms with Crippen LogP contribution in [0.1, 0.15) is 29.3 Å². The van der Waals surface area contributed by atoms with Gasteiger partial charge in [0, 0.05) is 37.4 Å². The lowest BCUT2D eigenvalue weighted by atomic mass is 10.2. The molecule has 0 unspecified atom stereocenters. The lowest BCUT2D eigenvalue weighted by Gasteiger charge is -2.10. The third-order valence-corrected chi connectivity index (χ3v) is 4.26. The van der Waals surface area contributed by atoms with E-state index in [4.69, 9.17) is 0 Å². The van der Waals surface area contributed by atoms with Gasteiger partial charge in [-0.05, 0) is 25.3 Å². The first-order valence-electron chi connectivity index (χ1n) is 7.64. The molecule has 6 nitrogen and oxygen atoms in total. The van der Waals surface area contributed by atoms with E-state index in [1.54, 1.807) is 11.3 Å². The number of rotatable bonds is 7. The van der Waals surface area contributed by atoms with Crippen molar-refractivity contribution >= 4 is 41.3 Å². The number of halogens is 1. The molecule has 0 aliphatic rings. The minimum absolute atomic E-state index is 0. The van der Waals surface area contributed by atoms with Crippen LogP contribution in [0.2, 0.25) is 0 Å². The Hall–Kier alpha value is -1.16. The maximum atomic E-state index is 4.59. The topological polar surface area (TPSA) is 67.1 Å². The molecule has 0 atom stereocenters. The van der Waals surface area contributed by atoms with Crippen molar-refractivity contribution in [3.8, 4) is 0 Å². The Balaban J connectivity index is 0.00000264. The van der Waals surface area contributed by atoms with Gasteiger partial charge in [0.15, 0.2) is 5.96 Å². The van der Waals surface area contributed by atoms with E-state index in [2.05, 4.69) is 39.6 Å². The molecule has 0 fully saturated rings. The van der Waals surface area contributed by atoms with E-state index in [0.717, 1.165) is 36.9 Å². The fourth-order valence-electron chi connectivity index (χ4n) is 2.00. The van der Waals surface area contributed by atoms with Gasteiger partial charge in [0.25, 0.3) is 0 Å². The first-order valence-corrected chi connectivity index (χ1v) is 8.46. The third kappa shape index (κ3) is 6.86. The summed E-state index contributed by atoms with van der Waals surface area (Å²) in [4.78, 5) is 10.3. The predicted molar refractivity (Wildman–Crippen MR) is 107 cm³/mol. The molecule has 0 aromatic carbocycles. The SMILES string of the molecule is CCNC(=NCc1ncc(CC)s1)NCCc1cnn(C)c1.I. The Kier molecular flexibility index (Phi) is 9.15. The smallest absolute Gasteiger partial charge is 0.191 e. The van der Waals surface area contributed by atoms with Crippen LogP contribution in [0.25, 0.3) is 0 Å². The molecule has 8 heteroatoms. The molecule has 2 aromatic rings. The number of thiazole rings is 1. The molecule has 0 spiro atoms. The molecule has 0 aliphatic heterocycles. The molecule has 2 heterocycles. The van der Waals surface area contributed by atoms with Crippen molar-refractivity contribution in [3.05, 3.63) is 34.0 Å². The predicted octanol–water partition coefficient (Wildman–Crippen LogP) is 2.35. The van der Waals surface area contributed by atoms with E-state index < -0.39 is 0 Å². The molecule has 128 valence electrons. The van der Waals surface area contributed by atoms with Crippen LogP contribution in [0, 0.1) is 0 Å². The van der Waals surface area contributed by atoms with Crippen LogP contribution in [0.4, 0.5) is 0 Å². The first-order chi connectivity index (χ1) is 10.7. The van der Waals surface area contributed by atoms with Crippen LogP contribution in [-0.2, 0) is 26.4 Å². The van der Waals surface area contributed by atoms with E-state index in [1.165, 1.54) is 10.4 Å². The Morgan fingerprint density at radius 3 is 2.74 bits per heavy atom. The monoisotopic (exact) mass is 448 g/mol. The number of aliphatic imine (C=N–C) groups is 1. The molecule has 2 N–H and O–H groups in total. The minimum atomic E-state index is 0. The second-order valence-electron chi connectivity index (χ2n) is 4.97. The third-order valence-electron chi connectivity index (χ3n) is 3.13. The van der Waals surface area contributed by atoms with Gasteiger partial charge in [-0.2, -0.15) is 5.10 Å². The zero-order valence-electron chi connectivity index (χ0n) is 13.9. The number of hydrogen-bond donors (Lipinski definition) is 2. The second-order valence-corrected chi connectivity index (χ2v) is 6.17. The van der Waals surface area contributed by atoms with E-state index in [-0.39, 0.29) is 24.0 Å².